The smallest absolute Gasteiger partial charge is 0.128 e. The van der Waals surface area contributed by atoms with Crippen molar-refractivity contribution in [2.24, 2.45) is 0 Å². The van der Waals surface area contributed by atoms with E-state index in [1.807, 2.05) is 12.1 Å². The second-order valence-electron chi connectivity index (χ2n) is 4.67. The van der Waals surface area contributed by atoms with Gasteiger partial charge >= 0.3 is 0 Å². The van der Waals surface area contributed by atoms with Crippen LogP contribution < -0.4 is 10.1 Å². The Morgan fingerprint density at radius 3 is 2.83 bits per heavy atom. The highest BCUT2D eigenvalue weighted by atomic mass is 79.9. The van der Waals surface area contributed by atoms with E-state index in [4.69, 9.17) is 9.47 Å². The van der Waals surface area contributed by atoms with E-state index in [2.05, 4.69) is 41.2 Å². The maximum absolute atomic E-state index is 5.98. The molecular formula is C14H20BrNO2. The first kappa shape index (κ1) is 13.8. The lowest BCUT2D eigenvalue weighted by Crippen LogP contribution is -2.60. The number of halogens is 1. The van der Waals surface area contributed by atoms with Crippen LogP contribution >= 0.6 is 15.9 Å². The zero-order valence-electron chi connectivity index (χ0n) is 11.1. The number of methoxy groups -OCH3 is 1. The fourth-order valence-corrected chi connectivity index (χ4v) is 2.59. The Bertz CT molecular complexity index is 411. The second kappa shape index (κ2) is 6.04. The van der Waals surface area contributed by atoms with Crippen LogP contribution in [0.1, 0.15) is 18.9 Å². The minimum Gasteiger partial charge on any atom is -0.488 e. The normalized spacial score (nSPS) is 26.8. The third-order valence-electron chi connectivity index (χ3n) is 3.40. The molecule has 0 aromatic heterocycles. The number of aryl methyl sites for hydroxylation is 1. The van der Waals surface area contributed by atoms with Gasteiger partial charge in [0.2, 0.25) is 0 Å². The fraction of sp³-hybridized carbons (Fsp3) is 0.571. The Kier molecular flexibility index (Phi) is 4.65. The Morgan fingerprint density at radius 2 is 2.22 bits per heavy atom. The number of ether oxygens (including phenoxy) is 2. The summed E-state index contributed by atoms with van der Waals surface area (Å²) in [6.45, 7) is 5.14. The first-order valence-electron chi connectivity index (χ1n) is 6.34. The van der Waals surface area contributed by atoms with Crippen LogP contribution in [0, 0.1) is 6.92 Å². The maximum atomic E-state index is 5.98. The summed E-state index contributed by atoms with van der Waals surface area (Å²) in [6, 6.07) is 6.48. The molecule has 1 aromatic carbocycles. The van der Waals surface area contributed by atoms with Gasteiger partial charge in [-0.2, -0.15) is 0 Å². The lowest BCUT2D eigenvalue weighted by atomic mass is 9.85. The molecule has 0 heterocycles. The summed E-state index contributed by atoms with van der Waals surface area (Å²) in [4.78, 5) is 0. The molecule has 0 aliphatic heterocycles. The van der Waals surface area contributed by atoms with Crippen molar-refractivity contribution < 1.29 is 9.47 Å². The minimum absolute atomic E-state index is 0.147. The van der Waals surface area contributed by atoms with E-state index in [0.717, 1.165) is 23.2 Å². The van der Waals surface area contributed by atoms with Gasteiger partial charge in [-0.05, 0) is 37.2 Å². The summed E-state index contributed by atoms with van der Waals surface area (Å²) >= 11 is 3.49. The third kappa shape index (κ3) is 2.87. The highest BCUT2D eigenvalue weighted by molar-refractivity contribution is 9.10. The molecule has 0 bridgehead atoms. The second-order valence-corrected chi connectivity index (χ2v) is 5.52. The van der Waals surface area contributed by atoms with Gasteiger partial charge in [-0.25, -0.2) is 0 Å². The van der Waals surface area contributed by atoms with E-state index in [1.165, 1.54) is 5.56 Å². The lowest BCUT2D eigenvalue weighted by Gasteiger charge is -2.43. The molecule has 100 valence electrons. The number of hydrogen-bond acceptors (Lipinski definition) is 3. The Hall–Kier alpha value is -0.580. The van der Waals surface area contributed by atoms with Crippen molar-refractivity contribution in [1.82, 2.24) is 5.32 Å². The van der Waals surface area contributed by atoms with Gasteiger partial charge in [-0.3, -0.25) is 0 Å². The molecule has 3 unspecified atom stereocenters. The van der Waals surface area contributed by atoms with Crippen molar-refractivity contribution in [3.8, 4) is 5.75 Å². The maximum Gasteiger partial charge on any atom is 0.128 e. The largest absolute Gasteiger partial charge is 0.488 e. The van der Waals surface area contributed by atoms with Crippen molar-refractivity contribution in [2.75, 3.05) is 13.7 Å². The molecule has 1 aromatic rings. The molecule has 1 aliphatic carbocycles. The monoisotopic (exact) mass is 313 g/mol. The number of likely N-dealkylation sites (N-methyl/N-ethyl adjacent to an activating group) is 1. The van der Waals surface area contributed by atoms with Gasteiger partial charge in [0.25, 0.3) is 0 Å². The summed E-state index contributed by atoms with van der Waals surface area (Å²) < 4.78 is 12.6. The van der Waals surface area contributed by atoms with E-state index >= 15 is 0 Å². The van der Waals surface area contributed by atoms with E-state index in [0.29, 0.717) is 6.04 Å². The van der Waals surface area contributed by atoms with Crippen molar-refractivity contribution >= 4 is 15.9 Å². The summed E-state index contributed by atoms with van der Waals surface area (Å²) in [7, 11) is 1.75. The summed E-state index contributed by atoms with van der Waals surface area (Å²) in [6.07, 6.45) is 1.30. The van der Waals surface area contributed by atoms with Crippen LogP contribution in [0.5, 0.6) is 5.75 Å². The van der Waals surface area contributed by atoms with Crippen LogP contribution in [0.2, 0.25) is 0 Å². The van der Waals surface area contributed by atoms with Crippen LogP contribution in [0.4, 0.5) is 0 Å². The van der Waals surface area contributed by atoms with Crippen molar-refractivity contribution in [3.63, 3.8) is 0 Å². The molecule has 0 saturated heterocycles. The van der Waals surface area contributed by atoms with E-state index in [1.54, 1.807) is 7.11 Å². The molecule has 3 nitrogen and oxygen atoms in total. The summed E-state index contributed by atoms with van der Waals surface area (Å²) in [5.41, 5.74) is 1.18. The highest BCUT2D eigenvalue weighted by Crippen LogP contribution is 2.30. The summed E-state index contributed by atoms with van der Waals surface area (Å²) in [5, 5.41) is 3.41. The molecule has 1 saturated carbocycles. The van der Waals surface area contributed by atoms with Gasteiger partial charge < -0.3 is 14.8 Å². The first-order valence-corrected chi connectivity index (χ1v) is 7.14. The van der Waals surface area contributed by atoms with Crippen molar-refractivity contribution in [1.29, 1.82) is 0 Å². The van der Waals surface area contributed by atoms with Crippen LogP contribution in [0.15, 0.2) is 22.7 Å². The molecule has 18 heavy (non-hydrogen) atoms. The lowest BCUT2D eigenvalue weighted by molar-refractivity contribution is -0.0884. The number of hydrogen-bond donors (Lipinski definition) is 1. The Balaban J connectivity index is 1.96. The molecule has 1 aliphatic rings. The highest BCUT2D eigenvalue weighted by Gasteiger charge is 2.42. The van der Waals surface area contributed by atoms with Crippen LogP contribution in [0.3, 0.4) is 0 Å². The molecule has 4 heteroatoms. The molecule has 0 radical (unpaired) electrons. The summed E-state index contributed by atoms with van der Waals surface area (Å²) in [5.74, 6) is 0.915. The van der Waals surface area contributed by atoms with Crippen molar-refractivity contribution in [2.45, 2.75) is 38.5 Å². The van der Waals surface area contributed by atoms with E-state index in [-0.39, 0.29) is 12.2 Å². The van der Waals surface area contributed by atoms with E-state index in [9.17, 15) is 0 Å². The average Bonchev–Trinajstić information content (AvgIpc) is 2.32. The third-order valence-corrected chi connectivity index (χ3v) is 4.29. The van der Waals surface area contributed by atoms with E-state index < -0.39 is 0 Å². The molecule has 2 rings (SSSR count). The Labute approximate surface area is 117 Å². The quantitative estimate of drug-likeness (QED) is 0.906. The molecule has 1 N–H and O–H groups in total. The van der Waals surface area contributed by atoms with Crippen molar-refractivity contribution in [3.05, 3.63) is 28.2 Å². The number of benzene rings is 1. The molecule has 0 amide bonds. The zero-order chi connectivity index (χ0) is 13.1. The molecule has 1 fully saturated rings. The van der Waals surface area contributed by atoms with Crippen LogP contribution in [0.25, 0.3) is 0 Å². The molecule has 3 atom stereocenters. The van der Waals surface area contributed by atoms with Gasteiger partial charge in [0.05, 0.1) is 0 Å². The molecular weight excluding hydrogens is 294 g/mol. The first-order chi connectivity index (χ1) is 8.65. The molecule has 0 spiro atoms. The minimum atomic E-state index is 0.147. The topological polar surface area (TPSA) is 30.5 Å². The Morgan fingerprint density at radius 1 is 1.44 bits per heavy atom. The zero-order valence-corrected chi connectivity index (χ0v) is 12.7. The van der Waals surface area contributed by atoms with Gasteiger partial charge in [-0.1, -0.05) is 22.9 Å². The fourth-order valence-electron chi connectivity index (χ4n) is 2.34. The standard InChI is InChI=1S/C14H20BrNO2/c1-4-16-12-8-13(14(12)17-3)18-10-5-6-11(15)9(2)7-10/h5-7,12-14,16H,4,8H2,1-3H3. The number of rotatable bonds is 5. The van der Waals surface area contributed by atoms with Gasteiger partial charge in [0.1, 0.15) is 18.0 Å². The van der Waals surface area contributed by atoms with Crippen LogP contribution in [-0.2, 0) is 4.74 Å². The average molecular weight is 314 g/mol. The predicted octanol–water partition coefficient (Wildman–Crippen LogP) is 2.90. The predicted molar refractivity (Wildman–Crippen MR) is 76.2 cm³/mol. The number of nitrogens with one attached hydrogen (secondary N) is 1. The van der Waals surface area contributed by atoms with Gasteiger partial charge in [-0.15, -0.1) is 0 Å². The van der Waals surface area contributed by atoms with Gasteiger partial charge in [0, 0.05) is 24.0 Å². The SMILES string of the molecule is CCNC1CC(Oc2ccc(Br)c(C)c2)C1OC. The van der Waals surface area contributed by atoms with Gasteiger partial charge in [0.15, 0.2) is 0 Å². The van der Waals surface area contributed by atoms with Crippen LogP contribution in [-0.4, -0.2) is 31.9 Å².